The van der Waals surface area contributed by atoms with Crippen molar-refractivity contribution in [1.29, 1.82) is 0 Å². The van der Waals surface area contributed by atoms with Crippen LogP contribution in [0.15, 0.2) is 34.6 Å². The number of halogens is 1. The summed E-state index contributed by atoms with van der Waals surface area (Å²) in [6, 6.07) is 7.76. The molecule has 5 nitrogen and oxygen atoms in total. The first-order valence-corrected chi connectivity index (χ1v) is 8.15. The molecule has 7 heteroatoms. The Morgan fingerprint density at radius 3 is 2.73 bits per heavy atom. The normalized spacial score (nSPS) is 11.4. The van der Waals surface area contributed by atoms with Gasteiger partial charge in [0.2, 0.25) is 0 Å². The number of nitrogens with one attached hydrogen (secondary N) is 2. The van der Waals surface area contributed by atoms with Crippen LogP contribution in [0.1, 0.15) is 11.3 Å². The molecule has 118 valence electrons. The molecule has 0 radical (unpaired) electrons. The van der Waals surface area contributed by atoms with Gasteiger partial charge in [-0.2, -0.15) is 0 Å². The van der Waals surface area contributed by atoms with E-state index in [1.807, 2.05) is 48.6 Å². The fourth-order valence-electron chi connectivity index (χ4n) is 1.81. The summed E-state index contributed by atoms with van der Waals surface area (Å²) in [7, 11) is 5.72. The first kappa shape index (κ1) is 16.6. The molecule has 0 aliphatic carbocycles. The molecule has 2 aromatic rings. The van der Waals surface area contributed by atoms with Gasteiger partial charge in [0.15, 0.2) is 11.1 Å². The lowest BCUT2D eigenvalue weighted by Gasteiger charge is -2.11. The van der Waals surface area contributed by atoms with Gasteiger partial charge in [0.05, 0.1) is 12.2 Å². The van der Waals surface area contributed by atoms with Crippen LogP contribution >= 0.6 is 22.9 Å². The summed E-state index contributed by atoms with van der Waals surface area (Å²) in [5.41, 5.74) is 2.11. The Kier molecular flexibility index (Phi) is 6.03. The zero-order valence-electron chi connectivity index (χ0n) is 12.9. The molecule has 1 aromatic carbocycles. The number of anilines is 1. The molecule has 0 spiro atoms. The number of nitrogens with zero attached hydrogens (tertiary/aromatic N) is 3. The molecule has 0 fully saturated rings. The van der Waals surface area contributed by atoms with Crippen molar-refractivity contribution < 1.29 is 0 Å². The van der Waals surface area contributed by atoms with E-state index in [4.69, 9.17) is 11.6 Å². The molecule has 0 atom stereocenters. The molecular formula is C15H20ClN5S. The van der Waals surface area contributed by atoms with Crippen LogP contribution in [0.5, 0.6) is 0 Å². The number of hydrogen-bond donors (Lipinski definition) is 2. The highest BCUT2D eigenvalue weighted by atomic mass is 35.5. The third-order valence-electron chi connectivity index (χ3n) is 2.93. The maximum Gasteiger partial charge on any atom is 0.191 e. The number of aromatic nitrogens is 1. The van der Waals surface area contributed by atoms with E-state index in [1.54, 1.807) is 18.4 Å². The number of guanidine groups is 1. The molecule has 0 aliphatic heterocycles. The Bertz CT molecular complexity index is 638. The predicted molar refractivity (Wildman–Crippen MR) is 94.9 cm³/mol. The second-order valence-corrected chi connectivity index (χ2v) is 6.20. The summed E-state index contributed by atoms with van der Waals surface area (Å²) in [5.74, 6) is 0.736. The molecule has 0 aliphatic rings. The van der Waals surface area contributed by atoms with Gasteiger partial charge in [0.1, 0.15) is 0 Å². The third-order valence-corrected chi connectivity index (χ3v) is 4.22. The standard InChI is InChI=1S/C15H20ClN5S/c1-17-14(18-8-11-5-4-6-12(16)7-11)19-9-13-10-22-15(20-13)21(2)3/h4-7,10H,8-9H2,1-3H3,(H2,17,18,19). The average Bonchev–Trinajstić information content (AvgIpc) is 2.97. The van der Waals surface area contributed by atoms with E-state index in [2.05, 4.69) is 20.6 Å². The van der Waals surface area contributed by atoms with E-state index < -0.39 is 0 Å². The van der Waals surface area contributed by atoms with Gasteiger partial charge >= 0.3 is 0 Å². The highest BCUT2D eigenvalue weighted by molar-refractivity contribution is 7.13. The van der Waals surface area contributed by atoms with Crippen molar-refractivity contribution in [2.45, 2.75) is 13.1 Å². The summed E-state index contributed by atoms with van der Waals surface area (Å²) >= 11 is 7.61. The predicted octanol–water partition coefficient (Wildman–Crippen LogP) is 2.73. The summed E-state index contributed by atoms with van der Waals surface area (Å²) in [6.45, 7) is 1.31. The number of thiazole rings is 1. The Morgan fingerprint density at radius 1 is 1.32 bits per heavy atom. The quantitative estimate of drug-likeness (QED) is 0.650. The van der Waals surface area contributed by atoms with Crippen LogP contribution in [-0.4, -0.2) is 32.1 Å². The van der Waals surface area contributed by atoms with Crippen molar-refractivity contribution in [3.63, 3.8) is 0 Å². The molecule has 0 saturated carbocycles. The van der Waals surface area contributed by atoms with Gasteiger partial charge in [0, 0.05) is 38.1 Å². The largest absolute Gasteiger partial charge is 0.354 e. The summed E-state index contributed by atoms with van der Waals surface area (Å²) in [6.07, 6.45) is 0. The molecule has 2 N–H and O–H groups in total. The van der Waals surface area contributed by atoms with Crippen molar-refractivity contribution in [2.75, 3.05) is 26.0 Å². The Balaban J connectivity index is 1.84. The van der Waals surface area contributed by atoms with Crippen LogP contribution in [0, 0.1) is 0 Å². The molecule has 0 amide bonds. The van der Waals surface area contributed by atoms with Crippen LogP contribution in [0.3, 0.4) is 0 Å². The molecule has 0 saturated heterocycles. The van der Waals surface area contributed by atoms with E-state index in [0.29, 0.717) is 13.1 Å². The minimum Gasteiger partial charge on any atom is -0.354 e. The molecule has 1 aromatic heterocycles. The maximum absolute atomic E-state index is 5.98. The van der Waals surface area contributed by atoms with Crippen molar-refractivity contribution in [2.24, 2.45) is 4.99 Å². The van der Waals surface area contributed by atoms with E-state index in [9.17, 15) is 0 Å². The second kappa shape index (κ2) is 8.00. The van der Waals surface area contributed by atoms with Gasteiger partial charge in [-0.15, -0.1) is 11.3 Å². The molecule has 0 unspecified atom stereocenters. The van der Waals surface area contributed by atoms with E-state index in [0.717, 1.165) is 27.4 Å². The first-order valence-electron chi connectivity index (χ1n) is 6.89. The highest BCUT2D eigenvalue weighted by Gasteiger charge is 2.05. The molecular weight excluding hydrogens is 318 g/mol. The minimum atomic E-state index is 0.638. The fourth-order valence-corrected chi connectivity index (χ4v) is 2.78. The number of aliphatic imine (C=N–C) groups is 1. The van der Waals surface area contributed by atoms with Crippen molar-refractivity contribution in [1.82, 2.24) is 15.6 Å². The smallest absolute Gasteiger partial charge is 0.191 e. The number of benzene rings is 1. The summed E-state index contributed by atoms with van der Waals surface area (Å²) < 4.78 is 0. The van der Waals surface area contributed by atoms with Gasteiger partial charge < -0.3 is 15.5 Å². The third kappa shape index (κ3) is 4.89. The van der Waals surface area contributed by atoms with Gasteiger partial charge in [0.25, 0.3) is 0 Å². The number of rotatable bonds is 5. The van der Waals surface area contributed by atoms with E-state index >= 15 is 0 Å². The maximum atomic E-state index is 5.98. The minimum absolute atomic E-state index is 0.638. The number of hydrogen-bond acceptors (Lipinski definition) is 4. The monoisotopic (exact) mass is 337 g/mol. The van der Waals surface area contributed by atoms with E-state index in [1.165, 1.54) is 0 Å². The summed E-state index contributed by atoms with van der Waals surface area (Å²) in [5, 5.41) is 10.3. The van der Waals surface area contributed by atoms with Gasteiger partial charge in [-0.05, 0) is 17.7 Å². The molecule has 2 rings (SSSR count). The van der Waals surface area contributed by atoms with Crippen molar-refractivity contribution >= 4 is 34.0 Å². The molecule has 22 heavy (non-hydrogen) atoms. The SMILES string of the molecule is CN=C(NCc1cccc(Cl)c1)NCc1csc(N(C)C)n1. The van der Waals surface area contributed by atoms with Crippen LogP contribution in [0.4, 0.5) is 5.13 Å². The van der Waals surface area contributed by atoms with Crippen LogP contribution in [0.25, 0.3) is 0 Å². The molecule has 0 bridgehead atoms. The lowest BCUT2D eigenvalue weighted by Crippen LogP contribution is -2.36. The van der Waals surface area contributed by atoms with Gasteiger partial charge in [-0.25, -0.2) is 4.98 Å². The van der Waals surface area contributed by atoms with Crippen LogP contribution in [0.2, 0.25) is 5.02 Å². The van der Waals surface area contributed by atoms with Crippen LogP contribution in [-0.2, 0) is 13.1 Å². The highest BCUT2D eigenvalue weighted by Crippen LogP contribution is 2.17. The molecule has 1 heterocycles. The Hall–Kier alpha value is -1.79. The van der Waals surface area contributed by atoms with Crippen molar-refractivity contribution in [3.8, 4) is 0 Å². The van der Waals surface area contributed by atoms with Gasteiger partial charge in [-0.3, -0.25) is 4.99 Å². The zero-order chi connectivity index (χ0) is 15.9. The second-order valence-electron chi connectivity index (χ2n) is 4.93. The Morgan fingerprint density at radius 2 is 2.09 bits per heavy atom. The van der Waals surface area contributed by atoms with E-state index in [-0.39, 0.29) is 0 Å². The topological polar surface area (TPSA) is 52.6 Å². The lowest BCUT2D eigenvalue weighted by molar-refractivity contribution is 0.797. The van der Waals surface area contributed by atoms with Gasteiger partial charge in [-0.1, -0.05) is 23.7 Å². The average molecular weight is 338 g/mol. The Labute approximate surface area is 140 Å². The fraction of sp³-hybridized carbons (Fsp3) is 0.333. The zero-order valence-corrected chi connectivity index (χ0v) is 14.5. The lowest BCUT2D eigenvalue weighted by atomic mass is 10.2. The van der Waals surface area contributed by atoms with Crippen LogP contribution < -0.4 is 15.5 Å². The summed E-state index contributed by atoms with van der Waals surface area (Å²) in [4.78, 5) is 10.7. The van der Waals surface area contributed by atoms with Crippen molar-refractivity contribution in [3.05, 3.63) is 45.9 Å². The first-order chi connectivity index (χ1) is 10.6.